The lowest BCUT2D eigenvalue weighted by atomic mass is 10.1. The molecule has 0 radical (unpaired) electrons. The number of hydrogen-bond donors (Lipinski definition) is 1. The number of amides is 1. The number of likely N-dealkylation sites (tertiary alicyclic amines) is 1. The maximum atomic E-state index is 11.4. The highest BCUT2D eigenvalue weighted by atomic mass is 16.5. The number of para-hydroxylation sites is 1. The fraction of sp³-hybridized carbons (Fsp3) is 0.438. The molecule has 0 aromatic heterocycles. The molecule has 4 heteroatoms. The molecule has 108 valence electrons. The number of nitrogens with one attached hydrogen (secondary N) is 1. The first-order chi connectivity index (χ1) is 9.69. The van der Waals surface area contributed by atoms with Crippen LogP contribution in [0.1, 0.15) is 12.0 Å². The van der Waals surface area contributed by atoms with E-state index in [0.717, 1.165) is 30.9 Å². The molecule has 0 atom stereocenters. The SMILES string of the molecule is C=CCNC(=O)CCN1CC(Oc2ccccc2C)C1. The van der Waals surface area contributed by atoms with Crippen molar-refractivity contribution in [3.05, 3.63) is 42.5 Å². The quantitative estimate of drug-likeness (QED) is 0.770. The molecule has 1 heterocycles. The summed E-state index contributed by atoms with van der Waals surface area (Å²) in [5.74, 6) is 1.04. The van der Waals surface area contributed by atoms with Crippen LogP contribution in [0, 0.1) is 6.92 Å². The third kappa shape index (κ3) is 4.10. The van der Waals surface area contributed by atoms with Crippen molar-refractivity contribution in [3.8, 4) is 5.75 Å². The molecule has 20 heavy (non-hydrogen) atoms. The van der Waals surface area contributed by atoms with E-state index < -0.39 is 0 Å². The van der Waals surface area contributed by atoms with Gasteiger partial charge < -0.3 is 10.1 Å². The fourth-order valence-electron chi connectivity index (χ4n) is 2.18. The van der Waals surface area contributed by atoms with Gasteiger partial charge in [0.1, 0.15) is 11.9 Å². The van der Waals surface area contributed by atoms with Crippen molar-refractivity contribution in [2.45, 2.75) is 19.4 Å². The Morgan fingerprint density at radius 1 is 1.50 bits per heavy atom. The normalized spacial score (nSPS) is 15.4. The Hall–Kier alpha value is -1.81. The number of benzene rings is 1. The maximum absolute atomic E-state index is 11.4. The summed E-state index contributed by atoms with van der Waals surface area (Å²) in [4.78, 5) is 13.7. The summed E-state index contributed by atoms with van der Waals surface area (Å²) < 4.78 is 5.93. The number of carbonyl (C=O) groups excluding carboxylic acids is 1. The van der Waals surface area contributed by atoms with Gasteiger partial charge in [-0.2, -0.15) is 0 Å². The van der Waals surface area contributed by atoms with E-state index >= 15 is 0 Å². The monoisotopic (exact) mass is 274 g/mol. The van der Waals surface area contributed by atoms with E-state index in [4.69, 9.17) is 4.74 Å². The predicted molar refractivity (Wildman–Crippen MR) is 79.9 cm³/mol. The van der Waals surface area contributed by atoms with Gasteiger partial charge in [0, 0.05) is 32.6 Å². The van der Waals surface area contributed by atoms with Crippen molar-refractivity contribution < 1.29 is 9.53 Å². The minimum absolute atomic E-state index is 0.0770. The van der Waals surface area contributed by atoms with E-state index in [0.29, 0.717) is 13.0 Å². The van der Waals surface area contributed by atoms with Gasteiger partial charge >= 0.3 is 0 Å². The van der Waals surface area contributed by atoms with E-state index in [9.17, 15) is 4.79 Å². The van der Waals surface area contributed by atoms with Gasteiger partial charge in [-0.25, -0.2) is 0 Å². The topological polar surface area (TPSA) is 41.6 Å². The largest absolute Gasteiger partial charge is 0.487 e. The molecule has 1 N–H and O–H groups in total. The zero-order valence-corrected chi connectivity index (χ0v) is 12.0. The van der Waals surface area contributed by atoms with Crippen LogP contribution < -0.4 is 10.1 Å². The molecule has 1 aromatic rings. The van der Waals surface area contributed by atoms with Gasteiger partial charge in [-0.3, -0.25) is 9.69 Å². The second-order valence-corrected chi connectivity index (χ2v) is 5.11. The van der Waals surface area contributed by atoms with Gasteiger partial charge in [-0.1, -0.05) is 24.3 Å². The van der Waals surface area contributed by atoms with Crippen molar-refractivity contribution in [2.24, 2.45) is 0 Å². The summed E-state index contributed by atoms with van der Waals surface area (Å²) in [6, 6.07) is 8.05. The predicted octanol–water partition coefficient (Wildman–Crippen LogP) is 1.75. The molecule has 1 aliphatic heterocycles. The summed E-state index contributed by atoms with van der Waals surface area (Å²) in [6.45, 7) is 8.73. The number of ether oxygens (including phenoxy) is 1. The van der Waals surface area contributed by atoms with Crippen LogP contribution >= 0.6 is 0 Å². The molecule has 1 fully saturated rings. The van der Waals surface area contributed by atoms with Crippen LogP contribution in [0.3, 0.4) is 0 Å². The lowest BCUT2D eigenvalue weighted by molar-refractivity contribution is -0.121. The summed E-state index contributed by atoms with van der Waals surface area (Å²) in [5, 5.41) is 2.78. The summed E-state index contributed by atoms with van der Waals surface area (Å²) >= 11 is 0. The van der Waals surface area contributed by atoms with Gasteiger partial charge in [-0.05, 0) is 18.6 Å². The molecule has 0 aliphatic carbocycles. The number of hydrogen-bond acceptors (Lipinski definition) is 3. The Morgan fingerprint density at radius 2 is 2.25 bits per heavy atom. The second kappa shape index (κ2) is 7.10. The highest BCUT2D eigenvalue weighted by Gasteiger charge is 2.28. The molecular weight excluding hydrogens is 252 g/mol. The number of rotatable bonds is 7. The standard InChI is InChI=1S/C16H22N2O2/c1-3-9-17-16(19)8-10-18-11-14(12-18)20-15-7-5-4-6-13(15)2/h3-7,14H,1,8-12H2,2H3,(H,17,19). The van der Waals surface area contributed by atoms with Crippen LogP contribution in [-0.2, 0) is 4.79 Å². The van der Waals surface area contributed by atoms with E-state index in [1.54, 1.807) is 6.08 Å². The molecule has 1 saturated heterocycles. The summed E-state index contributed by atoms with van der Waals surface area (Å²) in [5.41, 5.74) is 1.16. The molecule has 0 spiro atoms. The second-order valence-electron chi connectivity index (χ2n) is 5.11. The summed E-state index contributed by atoms with van der Waals surface area (Å²) in [6.07, 6.45) is 2.46. The first-order valence-corrected chi connectivity index (χ1v) is 7.01. The molecule has 4 nitrogen and oxygen atoms in total. The van der Waals surface area contributed by atoms with Gasteiger partial charge in [0.2, 0.25) is 5.91 Å². The first kappa shape index (κ1) is 14.6. The van der Waals surface area contributed by atoms with Gasteiger partial charge in [-0.15, -0.1) is 6.58 Å². The fourth-order valence-corrected chi connectivity index (χ4v) is 2.18. The molecule has 1 amide bonds. The van der Waals surface area contributed by atoms with Gasteiger partial charge in [0.25, 0.3) is 0 Å². The van der Waals surface area contributed by atoms with Gasteiger partial charge in [0.05, 0.1) is 0 Å². The van der Waals surface area contributed by atoms with Crippen LogP contribution in [0.15, 0.2) is 36.9 Å². The van der Waals surface area contributed by atoms with Crippen molar-refractivity contribution in [1.82, 2.24) is 10.2 Å². The van der Waals surface area contributed by atoms with Crippen molar-refractivity contribution in [1.29, 1.82) is 0 Å². The Kier molecular flexibility index (Phi) is 5.18. The van der Waals surface area contributed by atoms with Crippen LogP contribution in [0.25, 0.3) is 0 Å². The minimum Gasteiger partial charge on any atom is -0.487 e. The minimum atomic E-state index is 0.0770. The molecule has 0 bridgehead atoms. The number of carbonyl (C=O) groups is 1. The Labute approximate surface area is 120 Å². The Balaban J connectivity index is 1.64. The van der Waals surface area contributed by atoms with E-state index in [1.807, 2.05) is 18.2 Å². The first-order valence-electron chi connectivity index (χ1n) is 7.01. The Bertz CT molecular complexity index is 467. The highest BCUT2D eigenvalue weighted by Crippen LogP contribution is 2.21. The molecule has 1 aromatic carbocycles. The lowest BCUT2D eigenvalue weighted by Gasteiger charge is -2.39. The average molecular weight is 274 g/mol. The molecular formula is C16H22N2O2. The van der Waals surface area contributed by atoms with E-state index in [-0.39, 0.29) is 12.0 Å². The zero-order chi connectivity index (χ0) is 14.4. The van der Waals surface area contributed by atoms with Crippen LogP contribution in [0.5, 0.6) is 5.75 Å². The van der Waals surface area contributed by atoms with Gasteiger partial charge in [0.15, 0.2) is 0 Å². The highest BCUT2D eigenvalue weighted by molar-refractivity contribution is 5.76. The van der Waals surface area contributed by atoms with Crippen molar-refractivity contribution in [3.63, 3.8) is 0 Å². The van der Waals surface area contributed by atoms with Crippen LogP contribution in [0.2, 0.25) is 0 Å². The smallest absolute Gasteiger partial charge is 0.221 e. The molecule has 2 rings (SSSR count). The Morgan fingerprint density at radius 3 is 2.95 bits per heavy atom. The maximum Gasteiger partial charge on any atom is 0.221 e. The van der Waals surface area contributed by atoms with Crippen LogP contribution in [-0.4, -0.2) is 43.1 Å². The van der Waals surface area contributed by atoms with Crippen LogP contribution in [0.4, 0.5) is 0 Å². The van der Waals surface area contributed by atoms with E-state index in [2.05, 4.69) is 29.8 Å². The van der Waals surface area contributed by atoms with E-state index in [1.165, 1.54) is 0 Å². The number of aryl methyl sites for hydroxylation is 1. The lowest BCUT2D eigenvalue weighted by Crippen LogP contribution is -2.54. The number of nitrogens with zero attached hydrogens (tertiary/aromatic N) is 1. The molecule has 0 unspecified atom stereocenters. The average Bonchev–Trinajstić information content (AvgIpc) is 2.40. The third-order valence-corrected chi connectivity index (χ3v) is 3.41. The van der Waals surface area contributed by atoms with Crippen molar-refractivity contribution in [2.75, 3.05) is 26.2 Å². The third-order valence-electron chi connectivity index (χ3n) is 3.41. The zero-order valence-electron chi connectivity index (χ0n) is 12.0. The summed E-state index contributed by atoms with van der Waals surface area (Å²) in [7, 11) is 0. The molecule has 0 saturated carbocycles. The molecule has 1 aliphatic rings. The van der Waals surface area contributed by atoms with Crippen molar-refractivity contribution >= 4 is 5.91 Å².